The van der Waals surface area contributed by atoms with Crippen LogP contribution in [0.25, 0.3) is 0 Å². The van der Waals surface area contributed by atoms with Crippen LogP contribution in [0.3, 0.4) is 0 Å². The van der Waals surface area contributed by atoms with Gasteiger partial charge >= 0.3 is 4.87 Å². The first-order chi connectivity index (χ1) is 15.2. The molecule has 2 aromatic carbocycles. The number of nitrogens with one attached hydrogen (secondary N) is 1. The van der Waals surface area contributed by atoms with E-state index in [4.69, 9.17) is 9.47 Å². The largest absolute Gasteiger partial charge is 0.493 e. The number of rotatable bonds is 5. The molecule has 5 atom stereocenters. The molecular formula is C25H25NO3S2. The minimum Gasteiger partial charge on any atom is -0.493 e. The van der Waals surface area contributed by atoms with E-state index >= 15 is 0 Å². The topological polar surface area (TPSA) is 51.3 Å². The highest BCUT2D eigenvalue weighted by atomic mass is 32.2. The van der Waals surface area contributed by atoms with Crippen molar-refractivity contribution in [1.82, 2.24) is 4.98 Å². The fraction of sp³-hybridized carbons (Fsp3) is 0.400. The number of aromatic amines is 1. The molecule has 1 aliphatic heterocycles. The number of hydrogen-bond donors (Lipinski definition) is 1. The molecule has 2 fully saturated rings. The van der Waals surface area contributed by atoms with Crippen molar-refractivity contribution in [1.29, 1.82) is 0 Å². The lowest BCUT2D eigenvalue weighted by Crippen LogP contribution is -2.33. The normalized spacial score (nSPS) is 28.2. The second-order valence-electron chi connectivity index (χ2n) is 8.86. The zero-order valence-corrected chi connectivity index (χ0v) is 19.0. The average Bonchev–Trinajstić information content (AvgIpc) is 3.51. The maximum Gasteiger partial charge on any atom is 0.305 e. The van der Waals surface area contributed by atoms with Crippen molar-refractivity contribution in [2.45, 2.75) is 42.1 Å². The molecule has 6 heteroatoms. The van der Waals surface area contributed by atoms with Crippen LogP contribution in [0.15, 0.2) is 58.4 Å². The molecule has 31 heavy (non-hydrogen) atoms. The minimum atomic E-state index is 0.0598. The molecule has 6 rings (SSSR count). The third-order valence-electron chi connectivity index (χ3n) is 7.25. The summed E-state index contributed by atoms with van der Waals surface area (Å²) in [4.78, 5) is 16.6. The molecule has 3 aliphatic rings. The third-order valence-corrected chi connectivity index (χ3v) is 9.87. The molecule has 160 valence electrons. The number of thiazole rings is 1. The Hall–Kier alpha value is -2.18. The highest BCUT2D eigenvalue weighted by Gasteiger charge is 2.54. The Balaban J connectivity index is 1.35. The number of thioether (sulfide) groups is 1. The van der Waals surface area contributed by atoms with Gasteiger partial charge in [-0.15, -0.1) is 11.8 Å². The van der Waals surface area contributed by atoms with Gasteiger partial charge in [0.1, 0.15) is 6.61 Å². The predicted molar refractivity (Wildman–Crippen MR) is 125 cm³/mol. The highest BCUT2D eigenvalue weighted by molar-refractivity contribution is 8.00. The van der Waals surface area contributed by atoms with Gasteiger partial charge in [-0.05, 0) is 60.3 Å². The van der Waals surface area contributed by atoms with Gasteiger partial charge < -0.3 is 14.5 Å². The van der Waals surface area contributed by atoms with Crippen LogP contribution in [0.1, 0.15) is 41.2 Å². The van der Waals surface area contributed by atoms with Crippen LogP contribution in [0.5, 0.6) is 11.5 Å². The van der Waals surface area contributed by atoms with E-state index in [0.29, 0.717) is 17.8 Å². The smallest absolute Gasteiger partial charge is 0.305 e. The number of fused-ring (bicyclic) bond motifs is 6. The van der Waals surface area contributed by atoms with Crippen LogP contribution in [0.2, 0.25) is 0 Å². The first-order valence-electron chi connectivity index (χ1n) is 11.0. The van der Waals surface area contributed by atoms with Crippen LogP contribution in [0.4, 0.5) is 0 Å². The predicted octanol–water partition coefficient (Wildman–Crippen LogP) is 5.68. The third kappa shape index (κ3) is 3.31. The van der Waals surface area contributed by atoms with Crippen LogP contribution in [0, 0.1) is 17.8 Å². The Morgan fingerprint density at radius 3 is 2.74 bits per heavy atom. The standard InChI is InChI=1S/C25H25NO3S2/c1-28-19-12-16(9-10-18(19)29-13-14-5-3-2-4-6-14)21-20-15-7-8-17(11-15)22(20)30-24-23(21)31-25(27)26-24/h2-6,9-10,12,15,17,20-22H,7-8,11,13H2,1H3,(H,26,27)/t15-,17-,20+,21-,22+/m0/s1. The minimum absolute atomic E-state index is 0.0598. The number of H-pyrrole nitrogens is 1. The molecule has 2 aliphatic carbocycles. The summed E-state index contributed by atoms with van der Waals surface area (Å²) in [5.74, 6) is 3.93. The first-order valence-corrected chi connectivity index (χ1v) is 12.6. The van der Waals surface area contributed by atoms with E-state index < -0.39 is 0 Å². The summed E-state index contributed by atoms with van der Waals surface area (Å²) in [5.41, 5.74) is 2.37. The van der Waals surface area contributed by atoms with Crippen molar-refractivity contribution in [3.05, 3.63) is 74.2 Å². The van der Waals surface area contributed by atoms with Crippen LogP contribution >= 0.6 is 23.1 Å². The first kappa shape index (κ1) is 19.5. The molecule has 3 aromatic rings. The van der Waals surface area contributed by atoms with E-state index in [1.54, 1.807) is 7.11 Å². The van der Waals surface area contributed by atoms with E-state index in [1.807, 2.05) is 36.0 Å². The van der Waals surface area contributed by atoms with Crippen LogP contribution in [-0.2, 0) is 6.61 Å². The number of benzene rings is 2. The van der Waals surface area contributed by atoms with Gasteiger partial charge in [0.15, 0.2) is 11.5 Å². The van der Waals surface area contributed by atoms with E-state index in [0.717, 1.165) is 33.9 Å². The Bertz CT molecular complexity index is 1160. The molecule has 4 nitrogen and oxygen atoms in total. The lowest BCUT2D eigenvalue weighted by molar-refractivity contribution is 0.282. The van der Waals surface area contributed by atoms with Crippen molar-refractivity contribution in [2.75, 3.05) is 7.11 Å². The molecule has 0 saturated heterocycles. The van der Waals surface area contributed by atoms with Gasteiger partial charge in [0.2, 0.25) is 0 Å². The quantitative estimate of drug-likeness (QED) is 0.543. The zero-order valence-electron chi connectivity index (χ0n) is 17.4. The van der Waals surface area contributed by atoms with Gasteiger partial charge in [-0.3, -0.25) is 4.79 Å². The van der Waals surface area contributed by atoms with Crippen molar-refractivity contribution in [3.8, 4) is 11.5 Å². The fourth-order valence-electron chi connectivity index (χ4n) is 5.95. The van der Waals surface area contributed by atoms with Crippen molar-refractivity contribution < 1.29 is 9.47 Å². The highest BCUT2D eigenvalue weighted by Crippen LogP contribution is 2.63. The van der Waals surface area contributed by atoms with E-state index in [-0.39, 0.29) is 10.8 Å². The van der Waals surface area contributed by atoms with Gasteiger partial charge in [-0.1, -0.05) is 47.7 Å². The second kappa shape index (κ2) is 7.75. The number of methoxy groups -OCH3 is 1. The summed E-state index contributed by atoms with van der Waals surface area (Å²) in [7, 11) is 1.70. The van der Waals surface area contributed by atoms with Gasteiger partial charge in [-0.25, -0.2) is 0 Å². The van der Waals surface area contributed by atoms with Crippen molar-refractivity contribution in [3.63, 3.8) is 0 Å². The Labute approximate surface area is 190 Å². The second-order valence-corrected chi connectivity index (χ2v) is 11.1. The summed E-state index contributed by atoms with van der Waals surface area (Å²) < 4.78 is 11.8. The molecule has 0 unspecified atom stereocenters. The number of aromatic nitrogens is 1. The Morgan fingerprint density at radius 2 is 1.90 bits per heavy atom. The van der Waals surface area contributed by atoms with Gasteiger partial charge in [-0.2, -0.15) is 0 Å². The average molecular weight is 452 g/mol. The SMILES string of the molecule is COc1cc([C@@H]2c3sc(=O)[nH]c3S[C@@H]3[C@H]4CC[C@@H](C4)[C@H]23)ccc1OCc1ccccc1. The summed E-state index contributed by atoms with van der Waals surface area (Å²) >= 11 is 3.32. The summed E-state index contributed by atoms with van der Waals surface area (Å²) in [6, 6.07) is 16.5. The van der Waals surface area contributed by atoms with E-state index in [2.05, 4.69) is 29.2 Å². The molecular weight excluding hydrogens is 426 g/mol. The van der Waals surface area contributed by atoms with E-state index in [1.165, 1.54) is 41.0 Å². The summed E-state index contributed by atoms with van der Waals surface area (Å²) in [6.45, 7) is 0.509. The Kier molecular flexibility index (Phi) is 4.87. The van der Waals surface area contributed by atoms with Gasteiger partial charge in [0, 0.05) is 16.0 Å². The lowest BCUT2D eigenvalue weighted by Gasteiger charge is -2.40. The monoisotopic (exact) mass is 451 g/mol. The maximum atomic E-state index is 12.2. The molecule has 2 heterocycles. The molecule has 2 saturated carbocycles. The molecule has 2 bridgehead atoms. The van der Waals surface area contributed by atoms with Crippen LogP contribution < -0.4 is 14.3 Å². The summed E-state index contributed by atoms with van der Waals surface area (Å²) in [5, 5.41) is 1.71. The molecule has 1 aromatic heterocycles. The van der Waals surface area contributed by atoms with Crippen molar-refractivity contribution >= 4 is 23.1 Å². The van der Waals surface area contributed by atoms with Crippen molar-refractivity contribution in [2.24, 2.45) is 17.8 Å². The zero-order chi connectivity index (χ0) is 20.9. The number of ether oxygens (including phenoxy) is 2. The fourth-order valence-corrected chi connectivity index (χ4v) is 8.85. The lowest BCUT2D eigenvalue weighted by atomic mass is 9.75. The molecule has 0 amide bonds. The summed E-state index contributed by atoms with van der Waals surface area (Å²) in [6.07, 6.45) is 4.01. The maximum absolute atomic E-state index is 12.2. The molecule has 0 radical (unpaired) electrons. The van der Waals surface area contributed by atoms with Crippen LogP contribution in [-0.4, -0.2) is 17.3 Å². The number of hydrogen-bond acceptors (Lipinski definition) is 5. The van der Waals surface area contributed by atoms with Gasteiger partial charge in [0.25, 0.3) is 0 Å². The van der Waals surface area contributed by atoms with E-state index in [9.17, 15) is 4.79 Å². The Morgan fingerprint density at radius 1 is 1.06 bits per heavy atom. The molecule has 1 N–H and O–H groups in total. The molecule has 0 spiro atoms. The van der Waals surface area contributed by atoms with Gasteiger partial charge in [0.05, 0.1) is 12.1 Å².